The third-order valence-electron chi connectivity index (χ3n) is 4.85. The lowest BCUT2D eigenvalue weighted by atomic mass is 10.2. The minimum Gasteiger partial charge on any atom is -1.00 e. The van der Waals surface area contributed by atoms with Gasteiger partial charge in [0.05, 0.1) is 24.7 Å². The molecule has 6 nitrogen and oxygen atoms in total. The molecule has 0 saturated carbocycles. The fraction of sp³-hybridized carbons (Fsp3) is 0.409. The average Bonchev–Trinajstić information content (AvgIpc) is 2.98. The van der Waals surface area contributed by atoms with E-state index in [4.69, 9.17) is 14.9 Å². The molecular weight excluding hydrogens is 390 g/mol. The normalized spacial score (nSPS) is 11.8. The predicted octanol–water partition coefficient (Wildman–Crippen LogP) is 0.565. The minimum atomic E-state index is -0.742. The first-order valence-corrected chi connectivity index (χ1v) is 9.82. The first kappa shape index (κ1) is 22.8. The zero-order chi connectivity index (χ0) is 19.9. The molecular formula is C22H29ClN3O3-. The summed E-state index contributed by atoms with van der Waals surface area (Å²) in [5.41, 5.74) is 2.40. The van der Waals surface area contributed by atoms with E-state index >= 15 is 0 Å². The number of imidazole rings is 1. The number of aromatic nitrogens is 2. The van der Waals surface area contributed by atoms with Gasteiger partial charge in [-0.2, -0.15) is 0 Å². The molecule has 1 atom stereocenters. The Morgan fingerprint density at radius 3 is 2.24 bits per heavy atom. The number of aliphatic hydroxyl groups excluding tert-OH is 1. The Kier molecular flexibility index (Phi) is 8.61. The van der Waals surface area contributed by atoms with Gasteiger partial charge in [0.25, 0.3) is 0 Å². The molecule has 0 spiro atoms. The van der Waals surface area contributed by atoms with Crippen LogP contribution in [0.15, 0.2) is 48.5 Å². The van der Waals surface area contributed by atoms with E-state index in [1.165, 1.54) is 0 Å². The molecule has 0 aliphatic carbocycles. The summed E-state index contributed by atoms with van der Waals surface area (Å²) in [6, 6.07) is 15.4. The van der Waals surface area contributed by atoms with Gasteiger partial charge in [0.1, 0.15) is 12.7 Å². The van der Waals surface area contributed by atoms with Crippen LogP contribution in [-0.4, -0.2) is 34.1 Å². The van der Waals surface area contributed by atoms with Crippen LogP contribution in [0.2, 0.25) is 0 Å². The standard InChI is InChI=1S/C22H29N3O3.ClH/c1-3-4-9-14-24-18-10-5-6-11-19(18)25(22(24)23)15-17(26)16-28-21-13-8-7-12-20(21)27-2;/h5-8,10-13,17,23,26H,3-4,9,14-16H2,1-2H3;1H/p-1. The van der Waals surface area contributed by atoms with E-state index in [0.717, 1.165) is 36.8 Å². The van der Waals surface area contributed by atoms with Crippen molar-refractivity contribution in [2.45, 2.75) is 45.4 Å². The summed E-state index contributed by atoms with van der Waals surface area (Å²) in [5.74, 6) is 1.23. The zero-order valence-electron chi connectivity index (χ0n) is 17.0. The molecule has 0 aliphatic heterocycles. The number of fused-ring (bicyclic) bond motifs is 1. The van der Waals surface area contributed by atoms with Gasteiger partial charge in [-0.1, -0.05) is 44.0 Å². The van der Waals surface area contributed by atoms with Crippen molar-refractivity contribution in [3.63, 3.8) is 0 Å². The van der Waals surface area contributed by atoms with Crippen molar-refractivity contribution in [3.05, 3.63) is 54.1 Å². The maximum absolute atomic E-state index is 10.6. The number of aryl methyl sites for hydroxylation is 1. The average molecular weight is 419 g/mol. The van der Waals surface area contributed by atoms with Crippen LogP contribution in [0.3, 0.4) is 0 Å². The fourth-order valence-corrected chi connectivity index (χ4v) is 3.41. The van der Waals surface area contributed by atoms with Crippen LogP contribution in [0.4, 0.5) is 0 Å². The van der Waals surface area contributed by atoms with E-state index in [1.54, 1.807) is 7.11 Å². The van der Waals surface area contributed by atoms with Gasteiger partial charge in [-0.15, -0.1) is 0 Å². The van der Waals surface area contributed by atoms with Crippen molar-refractivity contribution in [2.75, 3.05) is 13.7 Å². The number of rotatable bonds is 10. The Morgan fingerprint density at radius 1 is 0.966 bits per heavy atom. The third kappa shape index (κ3) is 5.34. The largest absolute Gasteiger partial charge is 1.00 e. The van der Waals surface area contributed by atoms with E-state index in [0.29, 0.717) is 23.7 Å². The monoisotopic (exact) mass is 418 g/mol. The molecule has 7 heteroatoms. The second kappa shape index (κ2) is 10.9. The van der Waals surface area contributed by atoms with E-state index in [-0.39, 0.29) is 19.0 Å². The van der Waals surface area contributed by atoms with Gasteiger partial charge in [0, 0.05) is 6.54 Å². The van der Waals surface area contributed by atoms with Gasteiger partial charge in [0.2, 0.25) is 5.62 Å². The molecule has 1 unspecified atom stereocenters. The van der Waals surface area contributed by atoms with Crippen molar-refractivity contribution in [3.8, 4) is 11.5 Å². The number of para-hydroxylation sites is 4. The van der Waals surface area contributed by atoms with Crippen molar-refractivity contribution in [2.24, 2.45) is 0 Å². The van der Waals surface area contributed by atoms with E-state index in [2.05, 4.69) is 6.92 Å². The quantitative estimate of drug-likeness (QED) is 0.473. The Balaban J connectivity index is 0.00000300. The molecule has 0 amide bonds. The van der Waals surface area contributed by atoms with Gasteiger partial charge < -0.3 is 36.1 Å². The highest BCUT2D eigenvalue weighted by Crippen LogP contribution is 2.26. The highest BCUT2D eigenvalue weighted by atomic mass is 35.5. The van der Waals surface area contributed by atoms with Crippen molar-refractivity contribution in [1.29, 1.82) is 5.41 Å². The number of methoxy groups -OCH3 is 1. The van der Waals surface area contributed by atoms with Crippen molar-refractivity contribution >= 4 is 11.0 Å². The molecule has 0 bridgehead atoms. The maximum atomic E-state index is 10.6. The number of halogens is 1. The summed E-state index contributed by atoms with van der Waals surface area (Å²) in [6.45, 7) is 3.42. The Hall–Kier alpha value is -2.44. The lowest BCUT2D eigenvalue weighted by Gasteiger charge is -2.15. The molecule has 0 radical (unpaired) electrons. The number of unbranched alkanes of at least 4 members (excludes halogenated alkanes) is 2. The first-order chi connectivity index (χ1) is 13.7. The first-order valence-electron chi connectivity index (χ1n) is 9.82. The van der Waals surface area contributed by atoms with Crippen LogP contribution < -0.4 is 27.5 Å². The van der Waals surface area contributed by atoms with E-state index < -0.39 is 6.10 Å². The zero-order valence-corrected chi connectivity index (χ0v) is 17.7. The van der Waals surface area contributed by atoms with Gasteiger partial charge in [-0.3, -0.25) is 5.41 Å². The smallest absolute Gasteiger partial charge is 0.203 e. The van der Waals surface area contributed by atoms with E-state index in [9.17, 15) is 5.11 Å². The molecule has 2 aromatic carbocycles. The van der Waals surface area contributed by atoms with Gasteiger partial charge >= 0.3 is 0 Å². The minimum absolute atomic E-state index is 0. The number of nitrogens with one attached hydrogen (secondary N) is 1. The number of nitrogens with zero attached hydrogens (tertiary/aromatic N) is 2. The summed E-state index contributed by atoms with van der Waals surface area (Å²) in [7, 11) is 1.59. The molecule has 158 valence electrons. The highest BCUT2D eigenvalue weighted by molar-refractivity contribution is 5.75. The van der Waals surface area contributed by atoms with Crippen LogP contribution >= 0.6 is 0 Å². The molecule has 0 aliphatic rings. The van der Waals surface area contributed by atoms with Gasteiger partial charge in [0.15, 0.2) is 11.5 Å². The number of ether oxygens (including phenoxy) is 2. The van der Waals surface area contributed by atoms with Crippen LogP contribution in [0.25, 0.3) is 11.0 Å². The summed E-state index contributed by atoms with van der Waals surface area (Å²) < 4.78 is 14.9. The van der Waals surface area contributed by atoms with Crippen LogP contribution in [-0.2, 0) is 13.1 Å². The number of benzene rings is 2. The summed E-state index contributed by atoms with van der Waals surface area (Å²) >= 11 is 0. The molecule has 29 heavy (non-hydrogen) atoms. The number of hydrogen-bond acceptors (Lipinski definition) is 4. The van der Waals surface area contributed by atoms with Crippen LogP contribution in [0, 0.1) is 5.41 Å². The lowest BCUT2D eigenvalue weighted by Crippen LogP contribution is -3.00. The van der Waals surface area contributed by atoms with Gasteiger partial charge in [-0.25, -0.2) is 0 Å². The number of aliphatic hydroxyl groups is 1. The molecule has 0 fully saturated rings. The topological polar surface area (TPSA) is 72.4 Å². The highest BCUT2D eigenvalue weighted by Gasteiger charge is 2.15. The Morgan fingerprint density at radius 2 is 1.59 bits per heavy atom. The number of hydrogen-bond donors (Lipinski definition) is 2. The van der Waals surface area contributed by atoms with Crippen molar-refractivity contribution in [1.82, 2.24) is 9.13 Å². The second-order valence-electron chi connectivity index (χ2n) is 6.90. The van der Waals surface area contributed by atoms with Crippen LogP contribution in [0.1, 0.15) is 26.2 Å². The lowest BCUT2D eigenvalue weighted by molar-refractivity contribution is -0.00000836. The molecule has 1 heterocycles. The molecule has 1 aromatic heterocycles. The molecule has 3 aromatic rings. The van der Waals surface area contributed by atoms with Gasteiger partial charge in [-0.05, 0) is 30.7 Å². The molecule has 0 saturated heterocycles. The van der Waals surface area contributed by atoms with Crippen molar-refractivity contribution < 1.29 is 27.0 Å². The predicted molar refractivity (Wildman–Crippen MR) is 110 cm³/mol. The Labute approximate surface area is 177 Å². The fourth-order valence-electron chi connectivity index (χ4n) is 3.41. The molecule has 2 N–H and O–H groups in total. The Bertz CT molecular complexity index is 967. The second-order valence-corrected chi connectivity index (χ2v) is 6.90. The summed E-state index contributed by atoms with van der Waals surface area (Å²) in [4.78, 5) is 0. The SMILES string of the molecule is CCCCCn1c(=N)n(CC(O)COc2ccccc2OC)c2ccccc21.[Cl-]. The van der Waals surface area contributed by atoms with E-state index in [1.807, 2.05) is 57.7 Å². The third-order valence-corrected chi connectivity index (χ3v) is 4.85. The molecule has 3 rings (SSSR count). The van der Waals surface area contributed by atoms with Crippen LogP contribution in [0.5, 0.6) is 11.5 Å². The summed E-state index contributed by atoms with van der Waals surface area (Å²) in [6.07, 6.45) is 2.59. The summed E-state index contributed by atoms with van der Waals surface area (Å²) in [5, 5.41) is 19.2. The maximum Gasteiger partial charge on any atom is 0.203 e.